The minimum Gasteiger partial charge on any atom is -0.480 e. The van der Waals surface area contributed by atoms with Crippen LogP contribution in [0, 0.1) is 11.8 Å². The third kappa shape index (κ3) is 16.2. The van der Waals surface area contributed by atoms with E-state index in [0.717, 1.165) is 0 Å². The Balaban J connectivity index is 5.99. The summed E-state index contributed by atoms with van der Waals surface area (Å²) in [4.78, 5) is 86.9. The van der Waals surface area contributed by atoms with E-state index in [1.54, 1.807) is 27.7 Å². The van der Waals surface area contributed by atoms with E-state index in [-0.39, 0.29) is 44.4 Å². The summed E-state index contributed by atoms with van der Waals surface area (Å²) in [5, 5.41) is 19.7. The summed E-state index contributed by atoms with van der Waals surface area (Å²) in [6, 6.07) is -5.93. The predicted octanol–water partition coefficient (Wildman–Crippen LogP) is -1.91. The highest BCUT2D eigenvalue weighted by Gasteiger charge is 2.33. The summed E-state index contributed by atoms with van der Waals surface area (Å²) < 4.78 is 0. The lowest BCUT2D eigenvalue weighted by Gasteiger charge is -2.28. The number of carbonyl (C=O) groups is 7. The van der Waals surface area contributed by atoms with Crippen LogP contribution in [0.3, 0.4) is 0 Å². The van der Waals surface area contributed by atoms with Crippen molar-refractivity contribution in [1.29, 1.82) is 0 Å². The van der Waals surface area contributed by atoms with Gasteiger partial charge in [-0.1, -0.05) is 34.1 Å². The molecule has 16 heteroatoms. The summed E-state index contributed by atoms with van der Waals surface area (Å²) in [6.45, 7) is 7.43. The first-order valence-electron chi connectivity index (χ1n) is 15.0. The minimum absolute atomic E-state index is 0.0346. The molecule has 0 rings (SSSR count). The third-order valence-corrected chi connectivity index (χ3v) is 7.05. The van der Waals surface area contributed by atoms with Crippen molar-refractivity contribution in [3.63, 3.8) is 0 Å². The minimum atomic E-state index is -1.34. The summed E-state index contributed by atoms with van der Waals surface area (Å²) in [5.74, 6) is -6.02. The van der Waals surface area contributed by atoms with Crippen molar-refractivity contribution >= 4 is 41.4 Å². The molecule has 0 aliphatic heterocycles. The van der Waals surface area contributed by atoms with Gasteiger partial charge in [-0.3, -0.25) is 28.8 Å². The van der Waals surface area contributed by atoms with E-state index in [9.17, 15) is 38.7 Å². The number of carboxylic acid groups (broad SMARTS) is 1. The van der Waals surface area contributed by atoms with Gasteiger partial charge in [-0.2, -0.15) is 0 Å². The van der Waals surface area contributed by atoms with Crippen LogP contribution in [0.2, 0.25) is 0 Å². The van der Waals surface area contributed by atoms with Crippen molar-refractivity contribution in [1.82, 2.24) is 21.3 Å². The number of aliphatic carboxylic acids is 1. The molecule has 0 saturated heterocycles. The fourth-order valence-corrected chi connectivity index (χ4v) is 4.21. The summed E-state index contributed by atoms with van der Waals surface area (Å²) in [6.07, 6.45) is 1.07. The molecule has 0 fully saturated rings. The molecule has 0 saturated carbocycles. The molecule has 0 spiro atoms. The highest BCUT2D eigenvalue weighted by Crippen LogP contribution is 2.12. The Labute approximate surface area is 258 Å². The van der Waals surface area contributed by atoms with Crippen LogP contribution in [-0.2, 0) is 33.6 Å². The van der Waals surface area contributed by atoms with Gasteiger partial charge in [0, 0.05) is 12.8 Å². The van der Waals surface area contributed by atoms with Crippen molar-refractivity contribution in [3.05, 3.63) is 0 Å². The molecule has 0 heterocycles. The second kappa shape index (κ2) is 21.0. The maximum atomic E-state index is 13.4. The van der Waals surface area contributed by atoms with Crippen LogP contribution in [0.1, 0.15) is 85.5 Å². The zero-order chi connectivity index (χ0) is 34.0. The van der Waals surface area contributed by atoms with Gasteiger partial charge < -0.3 is 49.3 Å². The average molecular weight is 629 g/mol. The highest BCUT2D eigenvalue weighted by molar-refractivity contribution is 5.95. The smallest absolute Gasteiger partial charge is 0.326 e. The molecule has 44 heavy (non-hydrogen) atoms. The molecule has 0 bridgehead atoms. The lowest BCUT2D eigenvalue weighted by Crippen LogP contribution is -2.59. The second-order valence-corrected chi connectivity index (χ2v) is 11.4. The molecule has 16 nitrogen and oxygen atoms in total. The molecular formula is C28H52N8O8. The fraction of sp³-hybridized carbons (Fsp3) is 0.750. The first-order chi connectivity index (χ1) is 20.5. The number of amides is 6. The summed E-state index contributed by atoms with van der Waals surface area (Å²) in [5.41, 5.74) is 21.8. The van der Waals surface area contributed by atoms with Crippen LogP contribution < -0.4 is 44.2 Å². The molecule has 6 atom stereocenters. The van der Waals surface area contributed by atoms with Crippen molar-refractivity contribution in [2.45, 2.75) is 116 Å². The highest BCUT2D eigenvalue weighted by atomic mass is 16.4. The third-order valence-electron chi connectivity index (χ3n) is 7.05. The lowest BCUT2D eigenvalue weighted by molar-refractivity contribution is -0.143. The van der Waals surface area contributed by atoms with Gasteiger partial charge in [-0.05, 0) is 56.9 Å². The number of unbranched alkanes of at least 4 members (excludes halogenated alkanes) is 1. The maximum absolute atomic E-state index is 13.4. The molecular weight excluding hydrogens is 576 g/mol. The van der Waals surface area contributed by atoms with E-state index in [0.29, 0.717) is 25.8 Å². The Morgan fingerprint density at radius 1 is 0.682 bits per heavy atom. The number of carbonyl (C=O) groups excluding carboxylic acids is 6. The lowest BCUT2D eigenvalue weighted by atomic mass is 9.96. The fourth-order valence-electron chi connectivity index (χ4n) is 4.21. The maximum Gasteiger partial charge on any atom is 0.326 e. The molecule has 0 aromatic carbocycles. The number of nitrogens with one attached hydrogen (secondary N) is 4. The molecule has 0 radical (unpaired) electrons. The Morgan fingerprint density at radius 2 is 1.18 bits per heavy atom. The van der Waals surface area contributed by atoms with Crippen LogP contribution in [0.4, 0.5) is 0 Å². The van der Waals surface area contributed by atoms with Gasteiger partial charge in [0.05, 0.1) is 6.04 Å². The van der Waals surface area contributed by atoms with Crippen LogP contribution >= 0.6 is 0 Å². The molecule has 13 N–H and O–H groups in total. The van der Waals surface area contributed by atoms with Crippen molar-refractivity contribution in [2.24, 2.45) is 34.8 Å². The van der Waals surface area contributed by atoms with Gasteiger partial charge >= 0.3 is 5.97 Å². The van der Waals surface area contributed by atoms with Gasteiger partial charge in [0.25, 0.3) is 0 Å². The molecule has 0 aliphatic rings. The SMILES string of the molecule is CC[C@H](C)[C@H](NC(=O)[C@@H](N)CCC(N)=O)C(=O)N[C@@H](CCC(N)=O)C(=O)N[C@@H](CCCCN)C(=O)N[C@@H](CC(C)C)C(=O)O. The number of hydrogen-bond donors (Lipinski definition) is 9. The van der Waals surface area contributed by atoms with Gasteiger partial charge in [0.1, 0.15) is 24.2 Å². The van der Waals surface area contributed by atoms with E-state index >= 15 is 0 Å². The topological polar surface area (TPSA) is 292 Å². The Kier molecular flexibility index (Phi) is 19.2. The zero-order valence-electron chi connectivity index (χ0n) is 26.2. The van der Waals surface area contributed by atoms with Gasteiger partial charge in [0.15, 0.2) is 0 Å². The van der Waals surface area contributed by atoms with E-state index < -0.39 is 77.5 Å². The van der Waals surface area contributed by atoms with E-state index in [1.165, 1.54) is 0 Å². The van der Waals surface area contributed by atoms with Crippen LogP contribution in [0.15, 0.2) is 0 Å². The normalized spacial score (nSPS) is 15.2. The van der Waals surface area contributed by atoms with Gasteiger partial charge in [-0.25, -0.2) is 4.79 Å². The van der Waals surface area contributed by atoms with Gasteiger partial charge in [-0.15, -0.1) is 0 Å². The van der Waals surface area contributed by atoms with Crippen molar-refractivity contribution in [2.75, 3.05) is 6.54 Å². The van der Waals surface area contributed by atoms with Crippen molar-refractivity contribution in [3.8, 4) is 0 Å². The van der Waals surface area contributed by atoms with E-state index in [2.05, 4.69) is 21.3 Å². The number of rotatable bonds is 23. The van der Waals surface area contributed by atoms with Crippen molar-refractivity contribution < 1.29 is 38.7 Å². The number of hydrogen-bond acceptors (Lipinski definition) is 9. The zero-order valence-corrected chi connectivity index (χ0v) is 26.2. The molecule has 6 amide bonds. The quantitative estimate of drug-likeness (QED) is 0.0566. The average Bonchev–Trinajstić information content (AvgIpc) is 2.94. The van der Waals surface area contributed by atoms with E-state index in [4.69, 9.17) is 22.9 Å². The van der Waals surface area contributed by atoms with E-state index in [1.807, 2.05) is 0 Å². The Morgan fingerprint density at radius 3 is 1.66 bits per heavy atom. The number of nitrogens with two attached hydrogens (primary N) is 4. The predicted molar refractivity (Wildman–Crippen MR) is 162 cm³/mol. The summed E-state index contributed by atoms with van der Waals surface area (Å²) >= 11 is 0. The van der Waals surface area contributed by atoms with Crippen LogP contribution in [0.5, 0.6) is 0 Å². The van der Waals surface area contributed by atoms with Gasteiger partial charge in [0.2, 0.25) is 35.4 Å². The largest absolute Gasteiger partial charge is 0.480 e. The Hall–Kier alpha value is -3.79. The molecule has 0 aromatic rings. The second-order valence-electron chi connectivity index (χ2n) is 11.4. The standard InChI is InChI=1S/C28H52N8O8/c1-5-16(4)23(36-24(39)17(30)9-11-21(31)37)27(42)34-19(10-12-22(32)38)26(41)33-18(8-6-7-13-29)25(40)35-20(28(43)44)14-15(2)3/h15-20,23H,5-14,29-30H2,1-4H3,(H2,31,37)(H2,32,38)(H,33,41)(H,34,42)(H,35,40)(H,36,39)(H,43,44)/t16-,17-,18-,19-,20-,23-/m0/s1. The monoisotopic (exact) mass is 628 g/mol. The first-order valence-corrected chi connectivity index (χ1v) is 15.0. The van der Waals surface area contributed by atoms with Crippen LogP contribution in [0.25, 0.3) is 0 Å². The molecule has 0 aliphatic carbocycles. The molecule has 252 valence electrons. The summed E-state index contributed by atoms with van der Waals surface area (Å²) in [7, 11) is 0. The molecule has 0 aromatic heterocycles. The Bertz CT molecular complexity index is 993. The first kappa shape index (κ1) is 40.2. The molecule has 0 unspecified atom stereocenters. The van der Waals surface area contributed by atoms with Crippen LogP contribution in [-0.4, -0.2) is 83.3 Å². The number of primary amides is 2. The number of carboxylic acids is 1.